The highest BCUT2D eigenvalue weighted by Gasteiger charge is 2.12. The summed E-state index contributed by atoms with van der Waals surface area (Å²) in [6.45, 7) is 0. The number of methoxy groups -OCH3 is 1. The fraction of sp³-hybridized carbons (Fsp3) is 0.167. The molecule has 0 bridgehead atoms. The number of hydrogen-bond acceptors (Lipinski definition) is 11. The molecule has 4 N–H and O–H groups in total. The monoisotopic (exact) mass is 533 g/mol. The van der Waals surface area contributed by atoms with E-state index in [9.17, 15) is 19.5 Å². The second kappa shape index (κ2) is 13.8. The molecule has 14 heteroatoms. The molecular formula is C18H15NO8S5. The van der Waals surface area contributed by atoms with E-state index in [0.29, 0.717) is 8.70 Å². The number of benzene rings is 1. The SMILES string of the molecule is COc1cc(C(C#N)=CC(=O)O)ccc1O.O=C(O)CSc1sc(=S)sc1SCC(=O)O. The minimum Gasteiger partial charge on any atom is -0.504 e. The minimum atomic E-state index is -1.21. The second-order valence-electron chi connectivity index (χ2n) is 5.29. The van der Waals surface area contributed by atoms with Crippen molar-refractivity contribution in [2.45, 2.75) is 8.42 Å². The Morgan fingerprint density at radius 1 is 1.12 bits per heavy atom. The number of nitrogens with zero attached hydrogens (tertiary/aromatic N) is 1. The van der Waals surface area contributed by atoms with Crippen LogP contribution in [0, 0.1) is 14.5 Å². The summed E-state index contributed by atoms with van der Waals surface area (Å²) in [5.74, 6) is -2.97. The molecular weight excluding hydrogens is 519 g/mol. The first-order valence-electron chi connectivity index (χ1n) is 8.12. The number of carboxylic acids is 3. The zero-order chi connectivity index (χ0) is 24.3. The number of carbonyl (C=O) groups is 3. The van der Waals surface area contributed by atoms with Gasteiger partial charge in [-0.25, -0.2) is 4.79 Å². The largest absolute Gasteiger partial charge is 0.504 e. The molecule has 170 valence electrons. The van der Waals surface area contributed by atoms with Gasteiger partial charge in [0.05, 0.1) is 32.6 Å². The molecule has 0 amide bonds. The quantitative estimate of drug-likeness (QED) is 0.157. The zero-order valence-corrected chi connectivity index (χ0v) is 20.2. The Bertz CT molecular complexity index is 1080. The fourth-order valence-electron chi connectivity index (χ4n) is 1.84. The van der Waals surface area contributed by atoms with Crippen LogP contribution in [0.25, 0.3) is 5.57 Å². The lowest BCUT2D eigenvalue weighted by atomic mass is 10.1. The molecule has 0 aliphatic rings. The topological polar surface area (TPSA) is 165 Å². The first kappa shape index (κ1) is 27.5. The highest BCUT2D eigenvalue weighted by atomic mass is 32.2. The molecule has 32 heavy (non-hydrogen) atoms. The molecule has 0 unspecified atom stereocenters. The summed E-state index contributed by atoms with van der Waals surface area (Å²) in [5, 5.41) is 43.8. The minimum absolute atomic E-state index is 0.00852. The van der Waals surface area contributed by atoms with Crippen molar-refractivity contribution >= 4 is 81.9 Å². The summed E-state index contributed by atoms with van der Waals surface area (Å²) < 4.78 is 7.12. The lowest BCUT2D eigenvalue weighted by Crippen LogP contribution is -1.98. The third-order valence-electron chi connectivity index (χ3n) is 3.05. The third kappa shape index (κ3) is 9.71. The van der Waals surface area contributed by atoms with Gasteiger partial charge in [0.1, 0.15) is 9.21 Å². The van der Waals surface area contributed by atoms with E-state index in [2.05, 4.69) is 0 Å². The lowest BCUT2D eigenvalue weighted by Gasteiger charge is -2.05. The van der Waals surface area contributed by atoms with Crippen molar-refractivity contribution in [1.29, 1.82) is 5.26 Å². The van der Waals surface area contributed by atoms with E-state index in [1.807, 2.05) is 0 Å². The van der Waals surface area contributed by atoms with Crippen molar-refractivity contribution in [3.05, 3.63) is 33.0 Å². The molecule has 1 aromatic heterocycles. The van der Waals surface area contributed by atoms with Gasteiger partial charge in [0.15, 0.2) is 11.5 Å². The van der Waals surface area contributed by atoms with E-state index in [1.165, 1.54) is 71.5 Å². The maximum absolute atomic E-state index is 10.5. The number of aromatic hydroxyl groups is 1. The van der Waals surface area contributed by atoms with Gasteiger partial charge in [0.25, 0.3) is 0 Å². The Morgan fingerprint density at radius 3 is 2.06 bits per heavy atom. The van der Waals surface area contributed by atoms with Crippen LogP contribution in [0.1, 0.15) is 5.56 Å². The Labute approximate surface area is 203 Å². The van der Waals surface area contributed by atoms with Crippen LogP contribution in [0.3, 0.4) is 0 Å². The number of hydrogen-bond donors (Lipinski definition) is 4. The van der Waals surface area contributed by atoms with Crippen molar-refractivity contribution < 1.29 is 39.5 Å². The van der Waals surface area contributed by atoms with Gasteiger partial charge >= 0.3 is 17.9 Å². The summed E-state index contributed by atoms with van der Waals surface area (Å²) >= 11 is 10.0. The Morgan fingerprint density at radius 2 is 1.66 bits per heavy atom. The van der Waals surface area contributed by atoms with E-state index in [1.54, 1.807) is 6.07 Å². The highest BCUT2D eigenvalue weighted by Crippen LogP contribution is 2.40. The number of thioether (sulfide) groups is 2. The van der Waals surface area contributed by atoms with Crippen LogP contribution in [0.5, 0.6) is 11.5 Å². The van der Waals surface area contributed by atoms with Gasteiger partial charge in [-0.1, -0.05) is 12.2 Å². The van der Waals surface area contributed by atoms with Gasteiger partial charge in [0, 0.05) is 6.08 Å². The maximum Gasteiger partial charge on any atom is 0.329 e. The number of allylic oxidation sites excluding steroid dienone is 1. The van der Waals surface area contributed by atoms with E-state index >= 15 is 0 Å². The summed E-state index contributed by atoms with van der Waals surface area (Å²) in [4.78, 5) is 31.3. The molecule has 9 nitrogen and oxygen atoms in total. The normalized spacial score (nSPS) is 10.4. The second-order valence-corrected chi connectivity index (χ2v) is 11.0. The number of rotatable bonds is 9. The summed E-state index contributed by atoms with van der Waals surface area (Å²) in [7, 11) is 1.37. The average Bonchev–Trinajstić information content (AvgIpc) is 3.09. The van der Waals surface area contributed by atoms with Crippen molar-refractivity contribution in [3.63, 3.8) is 0 Å². The standard InChI is InChI=1S/C11H9NO4.C7H6O4S5/c1-16-10-4-7(2-3-9(10)13)8(6-12)5-11(14)15;8-3(9)1-13-5-6(14-2-4(10)11)16-7(12)15-5/h2-5,13H,1H3,(H,14,15);1-2H2,(H,8,9)(H,10,11). The van der Waals surface area contributed by atoms with Gasteiger partial charge in [0.2, 0.25) is 0 Å². The number of nitriles is 1. The van der Waals surface area contributed by atoms with Gasteiger partial charge in [-0.05, 0) is 23.8 Å². The third-order valence-corrected chi connectivity index (χ3v) is 8.60. The van der Waals surface area contributed by atoms with Crippen LogP contribution in [0.4, 0.5) is 0 Å². The highest BCUT2D eigenvalue weighted by molar-refractivity contribution is 8.05. The van der Waals surface area contributed by atoms with Gasteiger partial charge in [-0.2, -0.15) is 5.26 Å². The Kier molecular flexibility index (Phi) is 11.8. The lowest BCUT2D eigenvalue weighted by molar-refractivity contribution is -0.134. The van der Waals surface area contributed by atoms with Crippen LogP contribution in [-0.2, 0) is 14.4 Å². The molecule has 2 rings (SSSR count). The smallest absolute Gasteiger partial charge is 0.329 e. The number of ether oxygens (including phenoxy) is 1. The van der Waals surface area contributed by atoms with Gasteiger partial charge in [-0.15, -0.1) is 46.2 Å². The number of carboxylic acid groups (broad SMARTS) is 3. The fourth-order valence-corrected chi connectivity index (χ4v) is 7.38. The van der Waals surface area contributed by atoms with E-state index in [4.69, 9.17) is 37.5 Å². The first-order chi connectivity index (χ1) is 15.1. The maximum atomic E-state index is 10.5. The summed E-state index contributed by atoms with van der Waals surface area (Å²) in [5.41, 5.74) is 0.366. The van der Waals surface area contributed by atoms with Gasteiger partial charge in [-0.3, -0.25) is 9.59 Å². The number of aliphatic carboxylic acids is 3. The molecule has 0 saturated heterocycles. The first-order valence-corrected chi connectivity index (χ1v) is 12.1. The molecule has 0 fully saturated rings. The predicted octanol–water partition coefficient (Wildman–Crippen LogP) is 4.28. The molecule has 2 aromatic rings. The van der Waals surface area contributed by atoms with Crippen LogP contribution in [-0.4, -0.2) is 56.9 Å². The Hall–Kier alpha value is -2.57. The summed E-state index contributed by atoms with van der Waals surface area (Å²) in [6.07, 6.45) is 0.797. The van der Waals surface area contributed by atoms with Gasteiger partial charge < -0.3 is 25.2 Å². The molecule has 1 heterocycles. The molecule has 0 aliphatic carbocycles. The van der Waals surface area contributed by atoms with Crippen LogP contribution >= 0.6 is 58.4 Å². The van der Waals surface area contributed by atoms with Crippen LogP contribution in [0.15, 0.2) is 32.7 Å². The molecule has 0 radical (unpaired) electrons. The van der Waals surface area contributed by atoms with E-state index in [0.717, 1.165) is 14.5 Å². The molecule has 0 saturated carbocycles. The van der Waals surface area contributed by atoms with E-state index < -0.39 is 17.9 Å². The molecule has 1 aromatic carbocycles. The summed E-state index contributed by atoms with van der Waals surface area (Å²) in [6, 6.07) is 5.93. The molecule has 0 aliphatic heterocycles. The van der Waals surface area contributed by atoms with Crippen molar-refractivity contribution in [2.24, 2.45) is 0 Å². The van der Waals surface area contributed by atoms with Crippen molar-refractivity contribution in [2.75, 3.05) is 18.6 Å². The average molecular weight is 534 g/mol. The van der Waals surface area contributed by atoms with Crippen LogP contribution in [0.2, 0.25) is 0 Å². The molecule has 0 atom stereocenters. The van der Waals surface area contributed by atoms with Crippen molar-refractivity contribution in [1.82, 2.24) is 0 Å². The van der Waals surface area contributed by atoms with E-state index in [-0.39, 0.29) is 28.6 Å². The van der Waals surface area contributed by atoms with Crippen LogP contribution < -0.4 is 4.74 Å². The Balaban J connectivity index is 0.000000320. The molecule has 0 spiro atoms. The predicted molar refractivity (Wildman–Crippen MR) is 126 cm³/mol. The van der Waals surface area contributed by atoms with Crippen molar-refractivity contribution in [3.8, 4) is 17.6 Å². The zero-order valence-electron chi connectivity index (χ0n) is 16.1. The number of phenolic OH excluding ortho intramolecular Hbond substituents is 1. The number of phenols is 1.